The van der Waals surface area contributed by atoms with Crippen LogP contribution in [0.4, 0.5) is 0 Å². The largest absolute Gasteiger partial charge is 0.338 e. The average Bonchev–Trinajstić information content (AvgIpc) is 2.77. The summed E-state index contributed by atoms with van der Waals surface area (Å²) in [6.07, 6.45) is 0.558. The third-order valence-corrected chi connectivity index (χ3v) is 3.56. The van der Waals surface area contributed by atoms with Gasteiger partial charge in [0.1, 0.15) is 0 Å². The summed E-state index contributed by atoms with van der Waals surface area (Å²) in [5, 5.41) is 5.02. The second-order valence-corrected chi connectivity index (χ2v) is 4.53. The van der Waals surface area contributed by atoms with E-state index in [1.165, 1.54) is 4.88 Å². The lowest BCUT2D eigenvalue weighted by atomic mass is 10.2. The number of thiophene rings is 1. The lowest BCUT2D eigenvalue weighted by molar-refractivity contribution is -0.131. The molecule has 0 saturated carbocycles. The molecule has 92 valence electrons. The first-order chi connectivity index (χ1) is 7.16. The number of nitrogens with zero attached hydrogens (tertiary/aromatic N) is 1. The van der Waals surface area contributed by atoms with Crippen molar-refractivity contribution in [3.63, 3.8) is 0 Å². The maximum atomic E-state index is 11.7. The molecule has 1 rings (SSSR count). The zero-order chi connectivity index (χ0) is 11.3. The topological polar surface area (TPSA) is 32.3 Å². The Bertz CT molecular complexity index is 303. The maximum Gasteiger partial charge on any atom is 0.224 e. The molecule has 1 N–H and O–H groups in total. The van der Waals surface area contributed by atoms with Gasteiger partial charge < -0.3 is 10.2 Å². The summed E-state index contributed by atoms with van der Waals surface area (Å²) in [6, 6.07) is 4.26. The minimum Gasteiger partial charge on any atom is -0.338 e. The van der Waals surface area contributed by atoms with Gasteiger partial charge in [0, 0.05) is 24.9 Å². The normalized spacial score (nSPS) is 11.7. The van der Waals surface area contributed by atoms with Crippen LogP contribution in [0.25, 0.3) is 0 Å². The molecule has 1 atom stereocenters. The van der Waals surface area contributed by atoms with Crippen molar-refractivity contribution in [3.8, 4) is 0 Å². The minimum absolute atomic E-state index is 0. The van der Waals surface area contributed by atoms with Gasteiger partial charge in [-0.3, -0.25) is 4.79 Å². The first kappa shape index (κ1) is 15.4. The highest BCUT2D eigenvalue weighted by molar-refractivity contribution is 7.10. The van der Waals surface area contributed by atoms with Crippen molar-refractivity contribution in [3.05, 3.63) is 22.4 Å². The number of amides is 1. The lowest BCUT2D eigenvalue weighted by Crippen LogP contribution is -2.31. The number of rotatable bonds is 5. The van der Waals surface area contributed by atoms with Crippen LogP contribution >= 0.6 is 23.7 Å². The summed E-state index contributed by atoms with van der Waals surface area (Å²) in [6.45, 7) is 2.80. The number of halogens is 1. The van der Waals surface area contributed by atoms with E-state index in [-0.39, 0.29) is 24.4 Å². The fourth-order valence-electron chi connectivity index (χ4n) is 1.34. The third-order valence-electron chi connectivity index (χ3n) is 2.52. The molecule has 1 amide bonds. The Hall–Kier alpha value is -0.580. The second-order valence-electron chi connectivity index (χ2n) is 3.55. The van der Waals surface area contributed by atoms with Crippen molar-refractivity contribution in [1.82, 2.24) is 10.2 Å². The van der Waals surface area contributed by atoms with Crippen molar-refractivity contribution in [2.45, 2.75) is 19.4 Å². The molecule has 16 heavy (non-hydrogen) atoms. The Labute approximate surface area is 107 Å². The molecular weight excluding hydrogens is 244 g/mol. The molecule has 1 aromatic rings. The molecule has 0 aliphatic rings. The fourth-order valence-corrected chi connectivity index (χ4v) is 2.17. The van der Waals surface area contributed by atoms with Crippen LogP contribution in [0.3, 0.4) is 0 Å². The Morgan fingerprint density at radius 1 is 1.62 bits per heavy atom. The summed E-state index contributed by atoms with van der Waals surface area (Å²) in [4.78, 5) is 14.8. The van der Waals surface area contributed by atoms with Gasteiger partial charge in [0.2, 0.25) is 5.91 Å². The van der Waals surface area contributed by atoms with E-state index in [0.717, 1.165) is 6.54 Å². The predicted octanol–water partition coefficient (Wildman–Crippen LogP) is 2.30. The van der Waals surface area contributed by atoms with Crippen LogP contribution < -0.4 is 5.32 Å². The van der Waals surface area contributed by atoms with Gasteiger partial charge in [-0.05, 0) is 25.4 Å². The van der Waals surface area contributed by atoms with Gasteiger partial charge >= 0.3 is 0 Å². The molecule has 0 bridgehead atoms. The van der Waals surface area contributed by atoms with Crippen molar-refractivity contribution in [1.29, 1.82) is 0 Å². The standard InChI is InChI=1S/C11H18N2OS.ClH/c1-9(10-5-4-8-15-10)13(3)11(14)6-7-12-2;/h4-5,8-9,12H,6-7H2,1-3H3;1H. The zero-order valence-electron chi connectivity index (χ0n) is 9.90. The highest BCUT2D eigenvalue weighted by atomic mass is 35.5. The van der Waals surface area contributed by atoms with Crippen molar-refractivity contribution in [2.75, 3.05) is 20.6 Å². The van der Waals surface area contributed by atoms with Gasteiger partial charge in [-0.15, -0.1) is 23.7 Å². The van der Waals surface area contributed by atoms with E-state index < -0.39 is 0 Å². The van der Waals surface area contributed by atoms with Crippen LogP contribution in [0, 0.1) is 0 Å². The number of hydrogen-bond acceptors (Lipinski definition) is 3. The summed E-state index contributed by atoms with van der Waals surface area (Å²) in [5.74, 6) is 0.185. The first-order valence-corrected chi connectivity index (χ1v) is 5.98. The van der Waals surface area contributed by atoms with Crippen LogP contribution in [0.1, 0.15) is 24.3 Å². The van der Waals surface area contributed by atoms with Crippen molar-refractivity contribution < 1.29 is 4.79 Å². The average molecular weight is 263 g/mol. The summed E-state index contributed by atoms with van der Waals surface area (Å²) in [7, 11) is 3.72. The fraction of sp³-hybridized carbons (Fsp3) is 0.545. The van der Waals surface area contributed by atoms with E-state index in [9.17, 15) is 4.79 Å². The van der Waals surface area contributed by atoms with Gasteiger partial charge in [0.05, 0.1) is 6.04 Å². The highest BCUT2D eigenvalue weighted by Crippen LogP contribution is 2.23. The van der Waals surface area contributed by atoms with Crippen molar-refractivity contribution >= 4 is 29.7 Å². The Balaban J connectivity index is 0.00000225. The quantitative estimate of drug-likeness (QED) is 0.883. The smallest absolute Gasteiger partial charge is 0.224 e. The Kier molecular flexibility index (Phi) is 7.38. The first-order valence-electron chi connectivity index (χ1n) is 5.10. The summed E-state index contributed by atoms with van der Waals surface area (Å²) >= 11 is 1.69. The van der Waals surface area contributed by atoms with Crippen LogP contribution in [0.2, 0.25) is 0 Å². The second kappa shape index (κ2) is 7.65. The molecule has 0 aliphatic heterocycles. The van der Waals surface area contributed by atoms with Gasteiger partial charge in [-0.1, -0.05) is 6.07 Å². The van der Waals surface area contributed by atoms with Gasteiger partial charge in [0.15, 0.2) is 0 Å². The molecule has 0 fully saturated rings. The van der Waals surface area contributed by atoms with E-state index >= 15 is 0 Å². The lowest BCUT2D eigenvalue weighted by Gasteiger charge is -2.24. The van der Waals surface area contributed by atoms with Crippen LogP contribution in [-0.4, -0.2) is 31.4 Å². The monoisotopic (exact) mass is 262 g/mol. The van der Waals surface area contributed by atoms with Gasteiger partial charge in [-0.25, -0.2) is 0 Å². The molecular formula is C11H19ClN2OS. The van der Waals surface area contributed by atoms with Gasteiger partial charge in [-0.2, -0.15) is 0 Å². The van der Waals surface area contributed by atoms with Crippen LogP contribution in [0.15, 0.2) is 17.5 Å². The Morgan fingerprint density at radius 3 is 2.81 bits per heavy atom. The molecule has 1 unspecified atom stereocenters. The molecule has 3 nitrogen and oxygen atoms in total. The maximum absolute atomic E-state index is 11.7. The minimum atomic E-state index is 0. The van der Waals surface area contributed by atoms with E-state index in [1.807, 2.05) is 30.4 Å². The number of carbonyl (C=O) groups is 1. The number of carbonyl (C=O) groups excluding carboxylic acids is 1. The molecule has 0 aromatic carbocycles. The zero-order valence-corrected chi connectivity index (χ0v) is 11.5. The van der Waals surface area contributed by atoms with E-state index in [1.54, 1.807) is 11.3 Å². The number of hydrogen-bond donors (Lipinski definition) is 1. The third kappa shape index (κ3) is 4.12. The highest BCUT2D eigenvalue weighted by Gasteiger charge is 2.17. The predicted molar refractivity (Wildman–Crippen MR) is 71.3 cm³/mol. The molecule has 1 heterocycles. The summed E-state index contributed by atoms with van der Waals surface area (Å²) < 4.78 is 0. The van der Waals surface area contributed by atoms with Gasteiger partial charge in [0.25, 0.3) is 0 Å². The molecule has 0 radical (unpaired) electrons. The van der Waals surface area contributed by atoms with Crippen LogP contribution in [-0.2, 0) is 4.79 Å². The molecule has 0 aliphatic carbocycles. The van der Waals surface area contributed by atoms with Crippen molar-refractivity contribution in [2.24, 2.45) is 0 Å². The Morgan fingerprint density at radius 2 is 2.31 bits per heavy atom. The molecule has 0 saturated heterocycles. The molecule has 0 spiro atoms. The molecule has 5 heteroatoms. The molecule has 1 aromatic heterocycles. The van der Waals surface area contributed by atoms with Crippen LogP contribution in [0.5, 0.6) is 0 Å². The van der Waals surface area contributed by atoms with E-state index in [2.05, 4.69) is 18.3 Å². The number of nitrogens with one attached hydrogen (secondary N) is 1. The van der Waals surface area contributed by atoms with E-state index in [0.29, 0.717) is 6.42 Å². The van der Waals surface area contributed by atoms with E-state index in [4.69, 9.17) is 0 Å². The SMILES string of the molecule is CNCCC(=O)N(C)C(C)c1cccs1.Cl. The summed E-state index contributed by atoms with van der Waals surface area (Å²) in [5.41, 5.74) is 0.